The SMILES string of the molecule is c1ccc(-c2c(-c3ccccc3)c3cc(N(c4cccc(-c5ccc6ccccc6c5)c4)c4cccc5c4c4ccccc4n5-c4ccccc4)ccc3c3ccccc23)cc1. The summed E-state index contributed by atoms with van der Waals surface area (Å²) in [6.45, 7) is 0. The molecule has 2 heteroatoms. The van der Waals surface area contributed by atoms with E-state index < -0.39 is 0 Å². The first-order chi connectivity index (χ1) is 30.8. The fourth-order valence-corrected chi connectivity index (χ4v) is 9.79. The van der Waals surface area contributed by atoms with Gasteiger partial charge in [0, 0.05) is 27.8 Å². The summed E-state index contributed by atoms with van der Waals surface area (Å²) in [6, 6.07) is 88.6. The highest BCUT2D eigenvalue weighted by Gasteiger charge is 2.24. The summed E-state index contributed by atoms with van der Waals surface area (Å²) in [7, 11) is 0. The number of rotatable bonds is 7. The van der Waals surface area contributed by atoms with Crippen molar-refractivity contribution in [1.82, 2.24) is 4.57 Å². The number of para-hydroxylation sites is 2. The molecule has 0 saturated carbocycles. The van der Waals surface area contributed by atoms with E-state index in [2.05, 4.69) is 252 Å². The molecule has 0 atom stereocenters. The largest absolute Gasteiger partial charge is 0.310 e. The molecule has 290 valence electrons. The van der Waals surface area contributed by atoms with Crippen LogP contribution in [0.2, 0.25) is 0 Å². The van der Waals surface area contributed by atoms with Crippen LogP contribution in [0.25, 0.3) is 93.2 Å². The molecule has 0 fully saturated rings. The van der Waals surface area contributed by atoms with Crippen LogP contribution < -0.4 is 4.90 Å². The molecule has 0 saturated heterocycles. The van der Waals surface area contributed by atoms with E-state index in [1.54, 1.807) is 0 Å². The van der Waals surface area contributed by atoms with E-state index in [0.29, 0.717) is 0 Å². The molecule has 0 aliphatic rings. The molecule has 0 N–H and O–H groups in total. The second-order valence-corrected chi connectivity index (χ2v) is 16.1. The van der Waals surface area contributed by atoms with Gasteiger partial charge in [-0.1, -0.05) is 182 Å². The zero-order valence-electron chi connectivity index (χ0n) is 34.0. The van der Waals surface area contributed by atoms with Crippen LogP contribution in [0.5, 0.6) is 0 Å². The van der Waals surface area contributed by atoms with Crippen LogP contribution in [0.4, 0.5) is 17.1 Å². The number of fused-ring (bicyclic) bond motifs is 7. The summed E-state index contributed by atoms with van der Waals surface area (Å²) in [5.74, 6) is 0. The summed E-state index contributed by atoms with van der Waals surface area (Å²) in [5.41, 5.74) is 14.0. The molecular formula is C60H40N2. The Bertz CT molecular complexity index is 3620. The fourth-order valence-electron chi connectivity index (χ4n) is 9.79. The third-order valence-electron chi connectivity index (χ3n) is 12.5. The van der Waals surface area contributed by atoms with Crippen molar-refractivity contribution in [3.63, 3.8) is 0 Å². The molecule has 0 aliphatic heterocycles. The van der Waals surface area contributed by atoms with E-state index >= 15 is 0 Å². The van der Waals surface area contributed by atoms with Gasteiger partial charge in [-0.25, -0.2) is 0 Å². The maximum Gasteiger partial charge on any atom is 0.0562 e. The average Bonchev–Trinajstić information content (AvgIpc) is 3.69. The monoisotopic (exact) mass is 788 g/mol. The first kappa shape index (κ1) is 35.7. The second-order valence-electron chi connectivity index (χ2n) is 16.1. The lowest BCUT2D eigenvalue weighted by atomic mass is 9.85. The lowest BCUT2D eigenvalue weighted by Gasteiger charge is -2.28. The highest BCUT2D eigenvalue weighted by atomic mass is 15.1. The van der Waals surface area contributed by atoms with Gasteiger partial charge in [0.25, 0.3) is 0 Å². The third-order valence-corrected chi connectivity index (χ3v) is 12.5. The molecule has 0 amide bonds. The smallest absolute Gasteiger partial charge is 0.0562 e. The number of aromatic nitrogens is 1. The Kier molecular flexibility index (Phi) is 8.53. The van der Waals surface area contributed by atoms with Crippen LogP contribution >= 0.6 is 0 Å². The highest BCUT2D eigenvalue weighted by molar-refractivity contribution is 6.23. The van der Waals surface area contributed by atoms with Gasteiger partial charge in [-0.2, -0.15) is 0 Å². The van der Waals surface area contributed by atoms with Gasteiger partial charge in [0.2, 0.25) is 0 Å². The standard InChI is InChI=1S/C60H40N2/c1-4-19-42(20-5-1)58-52-29-13-12-28-50(52)51-37-36-49(40-54(51)59(58)43-21-6-2-7-22-43)61(48-27-16-24-45(39-48)46-35-34-41-18-10-11-23-44(41)38-46)56-32-17-33-57-60(56)53-30-14-15-31-55(53)62(57)47-25-8-3-9-26-47/h1-40H. The van der Waals surface area contributed by atoms with Gasteiger partial charge in [-0.05, 0) is 126 Å². The van der Waals surface area contributed by atoms with Crippen molar-refractivity contribution >= 4 is 71.2 Å². The number of benzene rings is 11. The topological polar surface area (TPSA) is 8.17 Å². The Morgan fingerprint density at radius 3 is 1.61 bits per heavy atom. The average molecular weight is 789 g/mol. The van der Waals surface area contributed by atoms with E-state index in [4.69, 9.17) is 0 Å². The molecule has 0 radical (unpaired) electrons. The van der Waals surface area contributed by atoms with Gasteiger partial charge in [-0.15, -0.1) is 0 Å². The summed E-state index contributed by atoms with van der Waals surface area (Å²) in [6.07, 6.45) is 0. The number of nitrogens with zero attached hydrogens (tertiary/aromatic N) is 2. The first-order valence-corrected chi connectivity index (χ1v) is 21.3. The quantitative estimate of drug-likeness (QED) is 0.146. The van der Waals surface area contributed by atoms with Crippen molar-refractivity contribution in [3.8, 4) is 39.1 Å². The Morgan fingerprint density at radius 2 is 0.839 bits per heavy atom. The normalized spacial score (nSPS) is 11.5. The lowest BCUT2D eigenvalue weighted by molar-refractivity contribution is 1.18. The van der Waals surface area contributed by atoms with E-state index in [0.717, 1.165) is 28.3 Å². The molecular weight excluding hydrogens is 749 g/mol. The molecule has 11 aromatic carbocycles. The fraction of sp³-hybridized carbons (Fsp3) is 0. The Morgan fingerprint density at radius 1 is 0.290 bits per heavy atom. The summed E-state index contributed by atoms with van der Waals surface area (Å²) >= 11 is 0. The predicted molar refractivity (Wildman–Crippen MR) is 264 cm³/mol. The van der Waals surface area contributed by atoms with Crippen molar-refractivity contribution < 1.29 is 0 Å². The van der Waals surface area contributed by atoms with Gasteiger partial charge >= 0.3 is 0 Å². The van der Waals surface area contributed by atoms with Crippen molar-refractivity contribution in [2.24, 2.45) is 0 Å². The molecule has 0 aliphatic carbocycles. The lowest BCUT2D eigenvalue weighted by Crippen LogP contribution is -2.11. The van der Waals surface area contributed by atoms with Crippen molar-refractivity contribution in [1.29, 1.82) is 0 Å². The van der Waals surface area contributed by atoms with Crippen LogP contribution in [0.1, 0.15) is 0 Å². The van der Waals surface area contributed by atoms with Gasteiger partial charge in [0.05, 0.1) is 16.7 Å². The minimum atomic E-state index is 1.09. The number of anilines is 3. The van der Waals surface area contributed by atoms with Crippen LogP contribution in [-0.2, 0) is 0 Å². The molecule has 12 aromatic rings. The first-order valence-electron chi connectivity index (χ1n) is 21.3. The van der Waals surface area contributed by atoms with E-state index in [1.807, 2.05) is 0 Å². The molecule has 1 heterocycles. The maximum absolute atomic E-state index is 2.49. The summed E-state index contributed by atoms with van der Waals surface area (Å²) in [5, 5.41) is 9.81. The van der Waals surface area contributed by atoms with Crippen LogP contribution in [-0.4, -0.2) is 4.57 Å². The zero-order chi connectivity index (χ0) is 41.0. The number of hydrogen-bond acceptors (Lipinski definition) is 1. The van der Waals surface area contributed by atoms with Crippen LogP contribution in [0.15, 0.2) is 243 Å². The molecule has 0 spiro atoms. The molecule has 1 aromatic heterocycles. The second kappa shape index (κ2) is 14.8. The van der Waals surface area contributed by atoms with Crippen molar-refractivity contribution in [2.45, 2.75) is 0 Å². The Hall–Kier alpha value is -8.20. The highest BCUT2D eigenvalue weighted by Crippen LogP contribution is 2.49. The van der Waals surface area contributed by atoms with E-state index in [-0.39, 0.29) is 0 Å². The molecule has 0 unspecified atom stereocenters. The van der Waals surface area contributed by atoms with E-state index in [9.17, 15) is 0 Å². The molecule has 12 rings (SSSR count). The maximum atomic E-state index is 2.49. The van der Waals surface area contributed by atoms with Crippen LogP contribution in [0, 0.1) is 0 Å². The minimum absolute atomic E-state index is 1.09. The third kappa shape index (κ3) is 5.88. The van der Waals surface area contributed by atoms with E-state index in [1.165, 1.54) is 82.0 Å². The van der Waals surface area contributed by atoms with Crippen molar-refractivity contribution in [2.75, 3.05) is 4.90 Å². The predicted octanol–water partition coefficient (Wildman–Crippen LogP) is 16.7. The summed E-state index contributed by atoms with van der Waals surface area (Å²) < 4.78 is 2.41. The number of hydrogen-bond donors (Lipinski definition) is 0. The Balaban J connectivity index is 1.18. The molecule has 2 nitrogen and oxygen atoms in total. The zero-order valence-corrected chi connectivity index (χ0v) is 34.0. The minimum Gasteiger partial charge on any atom is -0.310 e. The van der Waals surface area contributed by atoms with Crippen LogP contribution in [0.3, 0.4) is 0 Å². The van der Waals surface area contributed by atoms with Gasteiger partial charge in [0.1, 0.15) is 0 Å². The van der Waals surface area contributed by atoms with Gasteiger partial charge in [-0.3, -0.25) is 0 Å². The van der Waals surface area contributed by atoms with Crippen molar-refractivity contribution in [3.05, 3.63) is 243 Å². The molecule has 62 heavy (non-hydrogen) atoms. The Labute approximate surface area is 360 Å². The van der Waals surface area contributed by atoms with Gasteiger partial charge in [0.15, 0.2) is 0 Å². The van der Waals surface area contributed by atoms with Gasteiger partial charge < -0.3 is 9.47 Å². The summed E-state index contributed by atoms with van der Waals surface area (Å²) in [4.78, 5) is 2.49. The molecule has 0 bridgehead atoms.